The van der Waals surface area contributed by atoms with Gasteiger partial charge in [-0.05, 0) is 31.9 Å². The number of nitrogens with one attached hydrogen (secondary N) is 1. The normalized spacial score (nSPS) is 12.2. The van der Waals surface area contributed by atoms with Gasteiger partial charge in [0.25, 0.3) is 5.91 Å². The van der Waals surface area contributed by atoms with Gasteiger partial charge in [-0.25, -0.2) is 0 Å². The van der Waals surface area contributed by atoms with Crippen LogP contribution in [0.1, 0.15) is 42.6 Å². The minimum absolute atomic E-state index is 0.0362. The van der Waals surface area contributed by atoms with Crippen LogP contribution in [0.5, 0.6) is 0 Å². The van der Waals surface area contributed by atoms with Crippen LogP contribution in [0.15, 0.2) is 24.3 Å². The van der Waals surface area contributed by atoms with Gasteiger partial charge >= 0.3 is 0 Å². The molecule has 0 aliphatic rings. The van der Waals surface area contributed by atoms with Gasteiger partial charge in [-0.15, -0.1) is 0 Å². The molecule has 0 bridgehead atoms. The van der Waals surface area contributed by atoms with Crippen LogP contribution >= 0.6 is 0 Å². The fourth-order valence-corrected chi connectivity index (χ4v) is 1.63. The van der Waals surface area contributed by atoms with Gasteiger partial charge in [0.05, 0.1) is 0 Å². The van der Waals surface area contributed by atoms with E-state index in [1.165, 1.54) is 0 Å². The fraction of sp³-hybridized carbons (Fsp3) is 0.462. The molecule has 0 fully saturated rings. The molecule has 0 spiro atoms. The average Bonchev–Trinajstić information content (AvgIpc) is 2.18. The van der Waals surface area contributed by atoms with Gasteiger partial charge < -0.3 is 5.32 Å². The molecular weight excluding hydrogens is 186 g/mol. The molecule has 1 N–H and O–H groups in total. The van der Waals surface area contributed by atoms with Gasteiger partial charge in [0, 0.05) is 11.6 Å². The first kappa shape index (κ1) is 11.8. The van der Waals surface area contributed by atoms with Crippen molar-refractivity contribution in [3.63, 3.8) is 0 Å². The summed E-state index contributed by atoms with van der Waals surface area (Å²) in [5.74, 6) is 0.0362. The molecule has 0 unspecified atom stereocenters. The Hall–Kier alpha value is -1.31. The molecule has 0 heterocycles. The van der Waals surface area contributed by atoms with Gasteiger partial charge in [0.1, 0.15) is 0 Å². The molecule has 2 nitrogen and oxygen atoms in total. The van der Waals surface area contributed by atoms with Crippen LogP contribution in [0.2, 0.25) is 0 Å². The van der Waals surface area contributed by atoms with E-state index in [4.69, 9.17) is 0 Å². The van der Waals surface area contributed by atoms with Gasteiger partial charge in [0.15, 0.2) is 0 Å². The average molecular weight is 205 g/mol. The van der Waals surface area contributed by atoms with E-state index < -0.39 is 0 Å². The second-order valence-electron chi connectivity index (χ2n) is 3.98. The number of carbonyl (C=O) groups excluding carboxylic acids is 1. The molecule has 1 aromatic rings. The first-order valence-electron chi connectivity index (χ1n) is 5.51. The lowest BCUT2D eigenvalue weighted by Gasteiger charge is -2.13. The second kappa shape index (κ2) is 5.54. The minimum atomic E-state index is 0.0362. The maximum Gasteiger partial charge on any atom is 0.251 e. The molecule has 15 heavy (non-hydrogen) atoms. The van der Waals surface area contributed by atoms with Crippen molar-refractivity contribution in [2.24, 2.45) is 0 Å². The molecule has 82 valence electrons. The summed E-state index contributed by atoms with van der Waals surface area (Å²) in [5.41, 5.74) is 1.80. The third kappa shape index (κ3) is 3.39. The summed E-state index contributed by atoms with van der Waals surface area (Å²) in [6.45, 7) is 6.12. The number of benzene rings is 1. The first-order chi connectivity index (χ1) is 7.15. The Balaban J connectivity index is 2.65. The molecule has 1 rings (SSSR count). The summed E-state index contributed by atoms with van der Waals surface area (Å²) in [6.07, 6.45) is 2.12. The second-order valence-corrected chi connectivity index (χ2v) is 3.98. The zero-order chi connectivity index (χ0) is 11.3. The van der Waals surface area contributed by atoms with E-state index in [2.05, 4.69) is 12.2 Å². The summed E-state index contributed by atoms with van der Waals surface area (Å²) in [5, 5.41) is 3.00. The lowest BCUT2D eigenvalue weighted by molar-refractivity contribution is 0.0937. The topological polar surface area (TPSA) is 29.1 Å². The Morgan fingerprint density at radius 3 is 2.67 bits per heavy atom. The zero-order valence-electron chi connectivity index (χ0n) is 9.71. The molecule has 1 aromatic carbocycles. The largest absolute Gasteiger partial charge is 0.350 e. The van der Waals surface area contributed by atoms with E-state index in [-0.39, 0.29) is 11.9 Å². The van der Waals surface area contributed by atoms with E-state index in [0.717, 1.165) is 24.0 Å². The number of hydrogen-bond acceptors (Lipinski definition) is 1. The summed E-state index contributed by atoms with van der Waals surface area (Å²) < 4.78 is 0. The van der Waals surface area contributed by atoms with Crippen LogP contribution in [0.25, 0.3) is 0 Å². The number of aryl methyl sites for hydroxylation is 1. The standard InChI is InChI=1S/C13H19NO/c1-4-7-11(3)14-13(15)12-9-6-5-8-10(12)2/h5-6,8-9,11H,4,7H2,1-3H3,(H,14,15)/t11-/m1/s1. The summed E-state index contributed by atoms with van der Waals surface area (Å²) in [4.78, 5) is 11.8. The lowest BCUT2D eigenvalue weighted by Crippen LogP contribution is -2.32. The molecule has 0 radical (unpaired) electrons. The molecule has 2 heteroatoms. The molecule has 0 saturated heterocycles. The number of hydrogen-bond donors (Lipinski definition) is 1. The Labute approximate surface area is 91.7 Å². The monoisotopic (exact) mass is 205 g/mol. The van der Waals surface area contributed by atoms with Crippen molar-refractivity contribution in [3.8, 4) is 0 Å². The molecule has 0 aromatic heterocycles. The minimum Gasteiger partial charge on any atom is -0.350 e. The van der Waals surface area contributed by atoms with E-state index in [1.807, 2.05) is 38.1 Å². The highest BCUT2D eigenvalue weighted by atomic mass is 16.1. The van der Waals surface area contributed by atoms with Crippen molar-refractivity contribution in [2.45, 2.75) is 39.7 Å². The summed E-state index contributed by atoms with van der Waals surface area (Å²) in [7, 11) is 0. The van der Waals surface area contributed by atoms with Crippen molar-refractivity contribution in [1.82, 2.24) is 5.32 Å². The van der Waals surface area contributed by atoms with Crippen molar-refractivity contribution in [2.75, 3.05) is 0 Å². The Morgan fingerprint density at radius 1 is 1.40 bits per heavy atom. The van der Waals surface area contributed by atoms with E-state index in [1.54, 1.807) is 0 Å². The zero-order valence-corrected chi connectivity index (χ0v) is 9.71. The number of rotatable bonds is 4. The summed E-state index contributed by atoms with van der Waals surface area (Å²) >= 11 is 0. The highest BCUT2D eigenvalue weighted by molar-refractivity contribution is 5.95. The van der Waals surface area contributed by atoms with E-state index >= 15 is 0 Å². The van der Waals surface area contributed by atoms with E-state index in [9.17, 15) is 4.79 Å². The highest BCUT2D eigenvalue weighted by Gasteiger charge is 2.10. The Bertz CT molecular complexity index is 333. The van der Waals surface area contributed by atoms with Crippen LogP contribution in [0.3, 0.4) is 0 Å². The van der Waals surface area contributed by atoms with Crippen molar-refractivity contribution >= 4 is 5.91 Å². The van der Waals surface area contributed by atoms with Gasteiger partial charge in [-0.1, -0.05) is 31.5 Å². The molecular formula is C13H19NO. The predicted molar refractivity (Wildman–Crippen MR) is 63.0 cm³/mol. The van der Waals surface area contributed by atoms with Crippen LogP contribution in [-0.2, 0) is 0 Å². The molecule has 1 amide bonds. The Kier molecular flexibility index (Phi) is 4.35. The third-order valence-corrected chi connectivity index (χ3v) is 2.49. The van der Waals surface area contributed by atoms with Gasteiger partial charge in [0.2, 0.25) is 0 Å². The van der Waals surface area contributed by atoms with Crippen LogP contribution in [0, 0.1) is 6.92 Å². The highest BCUT2D eigenvalue weighted by Crippen LogP contribution is 2.07. The SMILES string of the molecule is CCC[C@@H](C)NC(=O)c1ccccc1C. The maximum atomic E-state index is 11.8. The lowest BCUT2D eigenvalue weighted by atomic mass is 10.1. The Morgan fingerprint density at radius 2 is 2.07 bits per heavy atom. The first-order valence-corrected chi connectivity index (χ1v) is 5.51. The van der Waals surface area contributed by atoms with Crippen molar-refractivity contribution in [3.05, 3.63) is 35.4 Å². The van der Waals surface area contributed by atoms with Gasteiger partial charge in [-0.3, -0.25) is 4.79 Å². The van der Waals surface area contributed by atoms with Crippen LogP contribution < -0.4 is 5.32 Å². The summed E-state index contributed by atoms with van der Waals surface area (Å²) in [6, 6.07) is 7.92. The molecule has 1 atom stereocenters. The smallest absolute Gasteiger partial charge is 0.251 e. The van der Waals surface area contributed by atoms with Crippen LogP contribution in [0.4, 0.5) is 0 Å². The number of carbonyl (C=O) groups is 1. The quantitative estimate of drug-likeness (QED) is 0.804. The van der Waals surface area contributed by atoms with Crippen molar-refractivity contribution < 1.29 is 4.79 Å². The molecule has 0 saturated carbocycles. The maximum absolute atomic E-state index is 11.8. The van der Waals surface area contributed by atoms with Gasteiger partial charge in [-0.2, -0.15) is 0 Å². The molecule has 0 aliphatic heterocycles. The predicted octanol–water partition coefficient (Wildman–Crippen LogP) is 2.91. The number of amides is 1. The van der Waals surface area contributed by atoms with E-state index in [0.29, 0.717) is 0 Å². The van der Waals surface area contributed by atoms with Crippen LogP contribution in [-0.4, -0.2) is 11.9 Å². The fourth-order valence-electron chi connectivity index (χ4n) is 1.63. The van der Waals surface area contributed by atoms with Crippen molar-refractivity contribution in [1.29, 1.82) is 0 Å². The third-order valence-electron chi connectivity index (χ3n) is 2.49. The molecule has 0 aliphatic carbocycles.